The fourth-order valence-corrected chi connectivity index (χ4v) is 2.19. The lowest BCUT2D eigenvalue weighted by Gasteiger charge is -2.07. The third kappa shape index (κ3) is 3.74. The molecule has 0 aliphatic heterocycles. The minimum atomic E-state index is -4.67. The molecule has 0 unspecified atom stereocenters. The number of rotatable bonds is 5. The summed E-state index contributed by atoms with van der Waals surface area (Å²) in [5, 5.41) is 10.6. The van der Waals surface area contributed by atoms with Gasteiger partial charge in [-0.2, -0.15) is 18.4 Å². The molecule has 0 aliphatic carbocycles. The Labute approximate surface area is 129 Å². The maximum absolute atomic E-state index is 13.1. The minimum Gasteiger partial charge on any atom is -0.497 e. The van der Waals surface area contributed by atoms with Crippen molar-refractivity contribution < 1.29 is 17.9 Å². The summed E-state index contributed by atoms with van der Waals surface area (Å²) in [6.07, 6.45) is -4.88. The van der Waals surface area contributed by atoms with Gasteiger partial charge in [0.15, 0.2) is 0 Å². The molecule has 1 heterocycles. The molecule has 1 N–H and O–H groups in total. The largest absolute Gasteiger partial charge is 0.497 e. The van der Waals surface area contributed by atoms with E-state index in [9.17, 15) is 18.0 Å². The fourth-order valence-electron chi connectivity index (χ4n) is 2.19. The normalized spacial score (nSPS) is 11.3. The van der Waals surface area contributed by atoms with E-state index in [2.05, 4.69) is 5.10 Å². The molecule has 0 amide bonds. The zero-order chi connectivity index (χ0) is 17.0. The van der Waals surface area contributed by atoms with Crippen LogP contribution in [0.2, 0.25) is 0 Å². The van der Waals surface area contributed by atoms with E-state index in [-0.39, 0.29) is 24.9 Å². The number of methoxy groups -OCH3 is 1. The van der Waals surface area contributed by atoms with Gasteiger partial charge in [0.2, 0.25) is 0 Å². The molecule has 0 radical (unpaired) electrons. The molecule has 2 aromatic rings. The van der Waals surface area contributed by atoms with Gasteiger partial charge in [0.1, 0.15) is 11.4 Å². The van der Waals surface area contributed by atoms with Gasteiger partial charge in [-0.25, -0.2) is 0 Å². The quantitative estimate of drug-likeness (QED) is 0.919. The average molecular weight is 325 g/mol. The van der Waals surface area contributed by atoms with Gasteiger partial charge in [-0.3, -0.25) is 14.6 Å². The van der Waals surface area contributed by atoms with Crippen LogP contribution in [-0.2, 0) is 19.1 Å². The maximum atomic E-state index is 13.1. The monoisotopic (exact) mass is 325 g/mol. The van der Waals surface area contributed by atoms with Crippen molar-refractivity contribution in [1.29, 1.82) is 5.26 Å². The van der Waals surface area contributed by atoms with Gasteiger partial charge >= 0.3 is 6.18 Å². The number of aromatic nitrogens is 2. The number of halogens is 3. The Hall–Kier alpha value is -2.69. The van der Waals surface area contributed by atoms with E-state index in [0.29, 0.717) is 11.3 Å². The topological polar surface area (TPSA) is 70.8 Å². The van der Waals surface area contributed by atoms with Crippen LogP contribution in [0.3, 0.4) is 0 Å². The number of aryl methyl sites for hydroxylation is 1. The first-order chi connectivity index (χ1) is 10.9. The molecule has 8 heteroatoms. The van der Waals surface area contributed by atoms with E-state index < -0.39 is 17.4 Å². The summed E-state index contributed by atoms with van der Waals surface area (Å²) in [4.78, 5) is 12.2. The Morgan fingerprint density at radius 3 is 2.48 bits per heavy atom. The van der Waals surface area contributed by atoms with Crippen molar-refractivity contribution in [2.45, 2.75) is 25.6 Å². The number of hydrogen-bond acceptors (Lipinski definition) is 3. The van der Waals surface area contributed by atoms with Crippen molar-refractivity contribution in [2.24, 2.45) is 0 Å². The molecule has 1 aromatic heterocycles. The van der Waals surface area contributed by atoms with Gasteiger partial charge in [-0.15, -0.1) is 0 Å². The molecule has 1 aromatic carbocycles. The van der Waals surface area contributed by atoms with Crippen LogP contribution < -0.4 is 10.3 Å². The predicted octanol–water partition coefficient (Wildman–Crippen LogP) is 2.71. The zero-order valence-corrected chi connectivity index (χ0v) is 12.3. The van der Waals surface area contributed by atoms with Gasteiger partial charge in [0.05, 0.1) is 31.7 Å². The van der Waals surface area contributed by atoms with Crippen molar-refractivity contribution in [3.63, 3.8) is 0 Å². The van der Waals surface area contributed by atoms with Crippen molar-refractivity contribution in [3.8, 4) is 11.8 Å². The van der Waals surface area contributed by atoms with Crippen molar-refractivity contribution in [3.05, 3.63) is 51.4 Å². The Morgan fingerprint density at radius 1 is 1.30 bits per heavy atom. The van der Waals surface area contributed by atoms with Crippen molar-refractivity contribution in [2.75, 3.05) is 7.11 Å². The number of hydrogen-bond donors (Lipinski definition) is 1. The lowest BCUT2D eigenvalue weighted by molar-refractivity contribution is -0.142. The number of H-pyrrole nitrogens is 1. The van der Waals surface area contributed by atoms with E-state index >= 15 is 0 Å². The number of alkyl halides is 3. The smallest absolute Gasteiger partial charge is 0.433 e. The molecule has 0 spiro atoms. The van der Waals surface area contributed by atoms with Gasteiger partial charge < -0.3 is 4.74 Å². The van der Waals surface area contributed by atoms with E-state index in [1.807, 2.05) is 0 Å². The van der Waals surface area contributed by atoms with Crippen LogP contribution in [0, 0.1) is 11.3 Å². The first kappa shape index (κ1) is 16.7. The predicted molar refractivity (Wildman–Crippen MR) is 76.1 cm³/mol. The molecule has 0 saturated heterocycles. The lowest BCUT2D eigenvalue weighted by Crippen LogP contribution is -2.19. The number of benzene rings is 1. The highest BCUT2D eigenvalue weighted by Crippen LogP contribution is 2.30. The van der Waals surface area contributed by atoms with Crippen LogP contribution in [-0.4, -0.2) is 16.9 Å². The van der Waals surface area contributed by atoms with Crippen molar-refractivity contribution >= 4 is 0 Å². The summed E-state index contributed by atoms with van der Waals surface area (Å²) in [6.45, 7) is -0.110. The molecule has 0 aliphatic rings. The molecule has 5 nitrogen and oxygen atoms in total. The van der Waals surface area contributed by atoms with E-state index in [1.54, 1.807) is 30.3 Å². The SMILES string of the molecule is COc1ccc(Cc2c(C(F)(F)F)[nH]n(CCC#N)c2=O)cc1. The first-order valence-electron chi connectivity index (χ1n) is 6.75. The number of nitriles is 1. The van der Waals surface area contributed by atoms with Crippen LogP contribution in [0.1, 0.15) is 23.2 Å². The molecule has 2 rings (SSSR count). The highest BCUT2D eigenvalue weighted by molar-refractivity contribution is 5.33. The molecule has 122 valence electrons. The van der Waals surface area contributed by atoms with E-state index in [1.165, 1.54) is 7.11 Å². The van der Waals surface area contributed by atoms with Crippen LogP contribution in [0.4, 0.5) is 13.2 Å². The Kier molecular flexibility index (Phi) is 4.79. The molecular formula is C15H14F3N3O2. The summed E-state index contributed by atoms with van der Waals surface area (Å²) in [5.74, 6) is 0.574. The fraction of sp³-hybridized carbons (Fsp3) is 0.333. The maximum Gasteiger partial charge on any atom is 0.433 e. The molecular weight excluding hydrogens is 311 g/mol. The third-order valence-corrected chi connectivity index (χ3v) is 3.32. The van der Waals surface area contributed by atoms with Gasteiger partial charge in [-0.05, 0) is 17.7 Å². The summed E-state index contributed by atoms with van der Waals surface area (Å²) in [7, 11) is 1.48. The zero-order valence-electron chi connectivity index (χ0n) is 12.3. The van der Waals surface area contributed by atoms with E-state index in [0.717, 1.165) is 4.68 Å². The minimum absolute atomic E-state index is 0.0559. The van der Waals surface area contributed by atoms with Gasteiger partial charge in [-0.1, -0.05) is 12.1 Å². The van der Waals surface area contributed by atoms with Gasteiger partial charge in [0, 0.05) is 6.42 Å². The molecule has 0 saturated carbocycles. The summed E-state index contributed by atoms with van der Waals surface area (Å²) in [5.41, 5.74) is -1.64. The summed E-state index contributed by atoms with van der Waals surface area (Å²) in [6, 6.07) is 8.23. The highest BCUT2D eigenvalue weighted by Gasteiger charge is 2.37. The number of aromatic amines is 1. The van der Waals surface area contributed by atoms with Crippen molar-refractivity contribution in [1.82, 2.24) is 9.78 Å². The van der Waals surface area contributed by atoms with Crippen LogP contribution in [0.25, 0.3) is 0 Å². The third-order valence-electron chi connectivity index (χ3n) is 3.32. The Balaban J connectivity index is 2.40. The standard InChI is InChI=1S/C15H14F3N3O2/c1-23-11-5-3-10(4-6-11)9-12-13(15(16,17)18)20-21(14(12)22)8-2-7-19/h3-6,20H,2,8-9H2,1H3. The number of nitrogens with one attached hydrogen (secondary N) is 1. The Bertz CT molecular complexity index is 767. The van der Waals surface area contributed by atoms with Crippen LogP contribution in [0.5, 0.6) is 5.75 Å². The molecule has 0 atom stereocenters. The summed E-state index contributed by atoms with van der Waals surface area (Å²) >= 11 is 0. The van der Waals surface area contributed by atoms with Crippen LogP contribution >= 0.6 is 0 Å². The Morgan fingerprint density at radius 2 is 1.96 bits per heavy atom. The molecule has 0 bridgehead atoms. The number of ether oxygens (including phenoxy) is 1. The average Bonchev–Trinajstić information content (AvgIpc) is 2.83. The van der Waals surface area contributed by atoms with Gasteiger partial charge in [0.25, 0.3) is 5.56 Å². The number of nitrogens with zero attached hydrogens (tertiary/aromatic N) is 2. The second kappa shape index (κ2) is 6.60. The summed E-state index contributed by atoms with van der Waals surface area (Å²) < 4.78 is 45.2. The second-order valence-corrected chi connectivity index (χ2v) is 4.85. The first-order valence-corrected chi connectivity index (χ1v) is 6.75. The van der Waals surface area contributed by atoms with E-state index in [4.69, 9.17) is 10.00 Å². The van der Waals surface area contributed by atoms with Crippen LogP contribution in [0.15, 0.2) is 29.1 Å². The molecule has 0 fully saturated rings. The highest BCUT2D eigenvalue weighted by atomic mass is 19.4. The second-order valence-electron chi connectivity index (χ2n) is 4.85. The lowest BCUT2D eigenvalue weighted by atomic mass is 10.1. The molecule has 23 heavy (non-hydrogen) atoms.